The molecule has 14 nitrogen and oxygen atoms in total. The molecule has 0 aromatic carbocycles. The number of hydrogen-bond donors (Lipinski definition) is 4. The molecular weight excluding hydrogens is 500 g/mol. The predicted octanol–water partition coefficient (Wildman–Crippen LogP) is -2.37. The normalized spacial score (nSPS) is 21.3. The second-order valence-electron chi connectivity index (χ2n) is 10.1. The summed E-state index contributed by atoms with van der Waals surface area (Å²) in [6.45, 7) is 4.66. The highest BCUT2D eigenvalue weighted by molar-refractivity contribution is 5.87. The van der Waals surface area contributed by atoms with Crippen LogP contribution >= 0.6 is 0 Å². The maximum absolute atomic E-state index is 13.2. The van der Waals surface area contributed by atoms with Crippen molar-refractivity contribution in [1.82, 2.24) is 29.8 Å². The summed E-state index contributed by atoms with van der Waals surface area (Å²) in [5.74, 6) is -3.04. The lowest BCUT2D eigenvalue weighted by Crippen LogP contribution is -2.58. The number of nitrogens with one attached hydrogen (secondary N) is 1. The Morgan fingerprint density at radius 2 is 0.921 bits per heavy atom. The van der Waals surface area contributed by atoms with Gasteiger partial charge < -0.3 is 25.5 Å². The smallest absolute Gasteiger partial charge is 0.317 e. The van der Waals surface area contributed by atoms with Gasteiger partial charge in [0.05, 0.1) is 31.7 Å². The van der Waals surface area contributed by atoms with Crippen LogP contribution in [0.2, 0.25) is 0 Å². The Morgan fingerprint density at radius 3 is 1.18 bits per heavy atom. The molecular formula is C24H42N6O8. The molecule has 1 amide bonds. The van der Waals surface area contributed by atoms with Crippen molar-refractivity contribution >= 4 is 29.6 Å². The Balaban J connectivity index is 2.11. The molecule has 2 aliphatic rings. The van der Waals surface area contributed by atoms with Crippen LogP contribution in [0.3, 0.4) is 0 Å². The minimum atomic E-state index is -1.01. The third-order valence-electron chi connectivity index (χ3n) is 7.49. The lowest BCUT2D eigenvalue weighted by Gasteiger charge is -2.40. The molecule has 216 valence electrons. The van der Waals surface area contributed by atoms with Crippen LogP contribution in [0, 0.1) is 0 Å². The molecule has 0 atom stereocenters. The molecule has 2 heterocycles. The van der Waals surface area contributed by atoms with Crippen LogP contribution in [0.4, 0.5) is 0 Å². The topological polar surface area (TPSA) is 174 Å². The van der Waals surface area contributed by atoms with Crippen LogP contribution in [-0.4, -0.2) is 174 Å². The highest BCUT2D eigenvalue weighted by Gasteiger charge is 2.38. The van der Waals surface area contributed by atoms with E-state index >= 15 is 0 Å². The van der Waals surface area contributed by atoms with Gasteiger partial charge in [-0.1, -0.05) is 0 Å². The number of carbonyl (C=O) groups is 5. The van der Waals surface area contributed by atoms with E-state index in [0.717, 1.165) is 0 Å². The molecule has 0 aliphatic carbocycles. The summed E-state index contributed by atoms with van der Waals surface area (Å²) >= 11 is 0. The first-order chi connectivity index (χ1) is 17.9. The quantitative estimate of drug-likeness (QED) is 0.231. The Hall–Kier alpha value is -2.65. The first-order valence-electron chi connectivity index (χ1n) is 13.0. The Morgan fingerprint density at radius 1 is 0.605 bits per heavy atom. The number of carbonyl (C=O) groups excluding carboxylic acids is 2. The van der Waals surface area contributed by atoms with Gasteiger partial charge >= 0.3 is 17.9 Å². The third-order valence-corrected chi connectivity index (χ3v) is 7.49. The fourth-order valence-corrected chi connectivity index (χ4v) is 4.99. The Bertz CT molecular complexity index is 816. The van der Waals surface area contributed by atoms with Crippen LogP contribution in [0.25, 0.3) is 0 Å². The molecule has 38 heavy (non-hydrogen) atoms. The van der Waals surface area contributed by atoms with Gasteiger partial charge in [-0.05, 0) is 26.8 Å². The van der Waals surface area contributed by atoms with E-state index in [0.29, 0.717) is 78.3 Å². The van der Waals surface area contributed by atoms with Crippen molar-refractivity contribution in [2.75, 3.05) is 98.7 Å². The number of carboxylic acids is 3. The maximum atomic E-state index is 13.2. The number of rotatable bonds is 10. The molecule has 2 saturated heterocycles. The number of carboxylic acid groups (broad SMARTS) is 3. The van der Waals surface area contributed by atoms with Crippen LogP contribution < -0.4 is 5.32 Å². The van der Waals surface area contributed by atoms with Crippen LogP contribution in [0.5, 0.6) is 0 Å². The zero-order valence-electron chi connectivity index (χ0n) is 22.4. The van der Waals surface area contributed by atoms with Gasteiger partial charge in [0.25, 0.3) is 0 Å². The van der Waals surface area contributed by atoms with Gasteiger partial charge in [0.2, 0.25) is 5.91 Å². The van der Waals surface area contributed by atoms with Crippen molar-refractivity contribution in [3.05, 3.63) is 0 Å². The highest BCUT2D eigenvalue weighted by atomic mass is 16.4. The first-order valence-corrected chi connectivity index (χ1v) is 13.0. The van der Waals surface area contributed by atoms with E-state index in [1.807, 2.05) is 4.90 Å². The first kappa shape index (κ1) is 31.6. The van der Waals surface area contributed by atoms with E-state index in [2.05, 4.69) is 5.32 Å². The summed E-state index contributed by atoms with van der Waals surface area (Å²) in [6, 6.07) is 0. The average molecular weight is 543 g/mol. The van der Waals surface area contributed by atoms with Gasteiger partial charge in [-0.2, -0.15) is 0 Å². The standard InChI is InChI=1S/C24H42N6O8/c1-19(31)24(25-2)3-5-30(6-4-24)20(32)15-26-7-9-27(16-21(33)34)11-13-29(18-23(37)38)14-12-28(10-8-26)17-22(35)36/h25H,3-18H2,1-2H3,(H,33,34)(H,35,36)(H,37,38). The number of nitrogens with zero attached hydrogens (tertiary/aromatic N) is 5. The highest BCUT2D eigenvalue weighted by Crippen LogP contribution is 2.23. The van der Waals surface area contributed by atoms with E-state index in [4.69, 9.17) is 0 Å². The SMILES string of the molecule is CNC1(C(C)=O)CCN(C(=O)CN2CCN(CC(=O)O)CCN(CC(=O)O)CCN(CC(=O)O)CC2)CC1. The van der Waals surface area contributed by atoms with Crippen molar-refractivity contribution in [3.63, 3.8) is 0 Å². The van der Waals surface area contributed by atoms with Crippen molar-refractivity contribution < 1.29 is 39.3 Å². The second kappa shape index (κ2) is 15.1. The maximum Gasteiger partial charge on any atom is 0.317 e. The second-order valence-corrected chi connectivity index (χ2v) is 10.1. The molecule has 0 radical (unpaired) electrons. The molecule has 2 fully saturated rings. The number of likely N-dealkylation sites (N-methyl/N-ethyl adjacent to an activating group) is 1. The summed E-state index contributed by atoms with van der Waals surface area (Å²) in [5, 5.41) is 31.1. The number of ketones is 1. The number of piperidine rings is 1. The van der Waals surface area contributed by atoms with Gasteiger partial charge in [-0.25, -0.2) is 0 Å². The summed E-state index contributed by atoms with van der Waals surface area (Å²) < 4.78 is 0. The molecule has 14 heteroatoms. The minimum Gasteiger partial charge on any atom is -0.480 e. The van der Waals surface area contributed by atoms with E-state index in [-0.39, 0.29) is 37.9 Å². The van der Waals surface area contributed by atoms with Crippen molar-refractivity contribution in [2.45, 2.75) is 25.3 Å². The largest absolute Gasteiger partial charge is 0.480 e. The van der Waals surface area contributed by atoms with E-state index in [1.165, 1.54) is 0 Å². The number of likely N-dealkylation sites (tertiary alicyclic amines) is 1. The van der Waals surface area contributed by atoms with Gasteiger partial charge in [-0.3, -0.25) is 43.6 Å². The molecule has 0 bridgehead atoms. The summed E-state index contributed by atoms with van der Waals surface area (Å²) in [5.41, 5.74) is -0.618. The monoisotopic (exact) mass is 542 g/mol. The molecule has 0 spiro atoms. The van der Waals surface area contributed by atoms with Crippen LogP contribution in [-0.2, 0) is 24.0 Å². The van der Waals surface area contributed by atoms with E-state index in [1.54, 1.807) is 33.6 Å². The third kappa shape index (κ3) is 10.3. The number of amides is 1. The predicted molar refractivity (Wildman–Crippen MR) is 137 cm³/mol. The minimum absolute atomic E-state index is 0.0501. The molecule has 0 unspecified atom stereocenters. The van der Waals surface area contributed by atoms with E-state index in [9.17, 15) is 39.3 Å². The molecule has 0 saturated carbocycles. The molecule has 2 aliphatic heterocycles. The summed E-state index contributed by atoms with van der Waals surface area (Å²) in [6.07, 6.45) is 1.05. The fraction of sp³-hybridized carbons (Fsp3) is 0.792. The van der Waals surface area contributed by atoms with Gasteiger partial charge in [0.1, 0.15) is 5.78 Å². The zero-order valence-corrected chi connectivity index (χ0v) is 22.4. The summed E-state index contributed by atoms with van der Waals surface area (Å²) in [7, 11) is 1.75. The number of hydrogen-bond acceptors (Lipinski definition) is 10. The van der Waals surface area contributed by atoms with E-state index < -0.39 is 23.4 Å². The Labute approximate surface area is 223 Å². The van der Waals surface area contributed by atoms with Crippen LogP contribution in [0.1, 0.15) is 19.8 Å². The Kier molecular flexibility index (Phi) is 12.5. The van der Waals surface area contributed by atoms with Gasteiger partial charge in [-0.15, -0.1) is 0 Å². The number of Topliss-reactive ketones (excluding diaryl/α,β-unsaturated/α-hetero) is 1. The lowest BCUT2D eigenvalue weighted by atomic mass is 9.84. The molecule has 0 aromatic rings. The van der Waals surface area contributed by atoms with Crippen molar-refractivity contribution in [1.29, 1.82) is 0 Å². The number of aliphatic carboxylic acids is 3. The summed E-state index contributed by atoms with van der Waals surface area (Å²) in [4.78, 5) is 68.2. The van der Waals surface area contributed by atoms with Crippen LogP contribution in [0.15, 0.2) is 0 Å². The van der Waals surface area contributed by atoms with Crippen molar-refractivity contribution in [3.8, 4) is 0 Å². The molecule has 4 N–H and O–H groups in total. The zero-order chi connectivity index (χ0) is 28.3. The molecule has 2 rings (SSSR count). The fourth-order valence-electron chi connectivity index (χ4n) is 4.99. The average Bonchev–Trinajstić information content (AvgIpc) is 2.84. The molecule has 0 aromatic heterocycles. The van der Waals surface area contributed by atoms with Gasteiger partial charge in [0, 0.05) is 65.4 Å². The van der Waals surface area contributed by atoms with Crippen molar-refractivity contribution in [2.24, 2.45) is 0 Å². The lowest BCUT2D eigenvalue weighted by molar-refractivity contribution is -0.141. The van der Waals surface area contributed by atoms with Gasteiger partial charge in [0.15, 0.2) is 0 Å².